The highest BCUT2D eigenvalue weighted by Gasteiger charge is 2.20. The van der Waals surface area contributed by atoms with Crippen LogP contribution in [-0.2, 0) is 6.54 Å². The van der Waals surface area contributed by atoms with Crippen molar-refractivity contribution in [3.63, 3.8) is 0 Å². The maximum atomic E-state index is 10.4. The van der Waals surface area contributed by atoms with Gasteiger partial charge in [0.2, 0.25) is 0 Å². The highest BCUT2D eigenvalue weighted by Crippen LogP contribution is 2.20. The first-order valence-corrected chi connectivity index (χ1v) is 7.84. The van der Waals surface area contributed by atoms with Gasteiger partial charge in [0.05, 0.1) is 17.5 Å². The van der Waals surface area contributed by atoms with Crippen LogP contribution in [0.25, 0.3) is 11.3 Å². The molecule has 0 spiro atoms. The molecule has 0 saturated heterocycles. The largest absolute Gasteiger partial charge is 0.389 e. The lowest BCUT2D eigenvalue weighted by Gasteiger charge is -2.24. The van der Waals surface area contributed by atoms with E-state index in [4.69, 9.17) is 0 Å². The highest BCUT2D eigenvalue weighted by atomic mass is 16.3. The number of nitrogens with one attached hydrogen (secondary N) is 2. The number of nitrogens with zero attached hydrogens (tertiary/aromatic N) is 2. The normalized spacial score (nSPS) is 14.2. The summed E-state index contributed by atoms with van der Waals surface area (Å²) in [5.74, 6) is 0.609. The summed E-state index contributed by atoms with van der Waals surface area (Å²) in [6, 6.07) is 3.91. The third-order valence-corrected chi connectivity index (χ3v) is 3.75. The van der Waals surface area contributed by atoms with Crippen molar-refractivity contribution in [3.8, 4) is 11.3 Å². The van der Waals surface area contributed by atoms with E-state index in [-0.39, 0.29) is 0 Å². The van der Waals surface area contributed by atoms with Crippen LogP contribution >= 0.6 is 0 Å². The number of aromatic amines is 1. The molecule has 2 aromatic heterocycles. The summed E-state index contributed by atoms with van der Waals surface area (Å²) in [5, 5.41) is 20.8. The van der Waals surface area contributed by atoms with Gasteiger partial charge >= 0.3 is 0 Å². The number of pyridine rings is 1. The molecule has 120 valence electrons. The molecular weight excluding hydrogens is 276 g/mol. The fraction of sp³-hybridized carbons (Fsp3) is 0.529. The predicted molar refractivity (Wildman–Crippen MR) is 88.2 cm³/mol. The SMILES string of the molecule is CC(C)CCC(C)(O)CNCc1cn[nH]c1-c1cccnc1. The Hall–Kier alpha value is -1.72. The van der Waals surface area contributed by atoms with Crippen LogP contribution in [0.3, 0.4) is 0 Å². The lowest BCUT2D eigenvalue weighted by molar-refractivity contribution is 0.0451. The molecule has 2 aromatic rings. The van der Waals surface area contributed by atoms with Crippen molar-refractivity contribution in [2.75, 3.05) is 6.54 Å². The minimum absolute atomic E-state index is 0.567. The second kappa shape index (κ2) is 7.51. The van der Waals surface area contributed by atoms with Crippen LogP contribution in [0.15, 0.2) is 30.7 Å². The molecule has 0 aliphatic rings. The molecule has 2 rings (SSSR count). The van der Waals surface area contributed by atoms with E-state index in [0.717, 1.165) is 29.7 Å². The van der Waals surface area contributed by atoms with Crippen LogP contribution in [0.4, 0.5) is 0 Å². The first kappa shape index (κ1) is 16.6. The molecule has 0 saturated carbocycles. The van der Waals surface area contributed by atoms with E-state index in [0.29, 0.717) is 19.0 Å². The van der Waals surface area contributed by atoms with Crippen molar-refractivity contribution in [2.45, 2.75) is 45.8 Å². The van der Waals surface area contributed by atoms with E-state index < -0.39 is 5.60 Å². The fourth-order valence-corrected chi connectivity index (χ4v) is 2.36. The molecule has 3 N–H and O–H groups in total. The predicted octanol–water partition coefficient (Wildman–Crippen LogP) is 2.75. The van der Waals surface area contributed by atoms with Crippen LogP contribution in [0, 0.1) is 5.92 Å². The second-order valence-electron chi connectivity index (χ2n) is 6.54. The van der Waals surface area contributed by atoms with Gasteiger partial charge in [0.15, 0.2) is 0 Å². The Balaban J connectivity index is 1.89. The Morgan fingerprint density at radius 3 is 2.86 bits per heavy atom. The Kier molecular flexibility index (Phi) is 5.69. The summed E-state index contributed by atoms with van der Waals surface area (Å²) >= 11 is 0. The van der Waals surface area contributed by atoms with E-state index in [2.05, 4.69) is 34.3 Å². The monoisotopic (exact) mass is 302 g/mol. The molecule has 1 atom stereocenters. The quantitative estimate of drug-likeness (QED) is 0.701. The van der Waals surface area contributed by atoms with E-state index in [9.17, 15) is 5.11 Å². The molecule has 2 heterocycles. The fourth-order valence-electron chi connectivity index (χ4n) is 2.36. The minimum atomic E-state index is -0.678. The van der Waals surface area contributed by atoms with Gasteiger partial charge in [-0.2, -0.15) is 5.10 Å². The molecule has 0 radical (unpaired) electrons. The molecule has 0 fully saturated rings. The van der Waals surface area contributed by atoms with Crippen molar-refractivity contribution in [2.24, 2.45) is 5.92 Å². The van der Waals surface area contributed by atoms with Gasteiger partial charge in [-0.3, -0.25) is 10.1 Å². The van der Waals surface area contributed by atoms with Crippen molar-refractivity contribution in [1.29, 1.82) is 0 Å². The molecule has 0 aromatic carbocycles. The maximum Gasteiger partial charge on any atom is 0.0743 e. The first-order chi connectivity index (χ1) is 10.5. The summed E-state index contributed by atoms with van der Waals surface area (Å²) in [4.78, 5) is 4.13. The molecule has 22 heavy (non-hydrogen) atoms. The van der Waals surface area contributed by atoms with E-state index >= 15 is 0 Å². The molecule has 0 bridgehead atoms. The van der Waals surface area contributed by atoms with Crippen LogP contribution < -0.4 is 5.32 Å². The zero-order valence-corrected chi connectivity index (χ0v) is 13.6. The number of H-pyrrole nitrogens is 1. The Morgan fingerprint density at radius 1 is 1.36 bits per heavy atom. The first-order valence-electron chi connectivity index (χ1n) is 7.84. The Morgan fingerprint density at radius 2 is 2.18 bits per heavy atom. The van der Waals surface area contributed by atoms with Gasteiger partial charge in [0.1, 0.15) is 0 Å². The summed E-state index contributed by atoms with van der Waals surface area (Å²) in [6.07, 6.45) is 7.22. The van der Waals surface area contributed by atoms with Gasteiger partial charge in [-0.05, 0) is 37.8 Å². The molecule has 0 aliphatic heterocycles. The van der Waals surface area contributed by atoms with Gasteiger partial charge in [0, 0.05) is 36.6 Å². The van der Waals surface area contributed by atoms with Gasteiger partial charge in [-0.15, -0.1) is 0 Å². The summed E-state index contributed by atoms with van der Waals surface area (Å²) < 4.78 is 0. The van der Waals surface area contributed by atoms with Crippen molar-refractivity contribution in [3.05, 3.63) is 36.3 Å². The standard InChI is InChI=1S/C17H26N4O/c1-13(2)6-7-17(3,22)12-19-10-15-11-20-21-16(15)14-5-4-8-18-9-14/h4-5,8-9,11,13,19,22H,6-7,10,12H2,1-3H3,(H,20,21). The maximum absolute atomic E-state index is 10.4. The molecule has 5 heteroatoms. The van der Waals surface area contributed by atoms with Gasteiger partial charge in [-0.25, -0.2) is 0 Å². The number of rotatable bonds is 8. The van der Waals surface area contributed by atoms with Crippen molar-refractivity contribution in [1.82, 2.24) is 20.5 Å². The summed E-state index contributed by atoms with van der Waals surface area (Å²) in [7, 11) is 0. The van der Waals surface area contributed by atoms with Crippen LogP contribution in [0.2, 0.25) is 0 Å². The molecule has 5 nitrogen and oxygen atoms in total. The van der Waals surface area contributed by atoms with E-state index in [1.807, 2.05) is 31.5 Å². The topological polar surface area (TPSA) is 73.8 Å². The Labute approximate surface area is 132 Å². The lowest BCUT2D eigenvalue weighted by Crippen LogP contribution is -2.37. The summed E-state index contributed by atoms with van der Waals surface area (Å²) in [5.41, 5.74) is 2.39. The molecular formula is C17H26N4O. The number of hydrogen-bond donors (Lipinski definition) is 3. The zero-order valence-electron chi connectivity index (χ0n) is 13.6. The van der Waals surface area contributed by atoms with Gasteiger partial charge < -0.3 is 10.4 Å². The smallest absolute Gasteiger partial charge is 0.0743 e. The van der Waals surface area contributed by atoms with Gasteiger partial charge in [0.25, 0.3) is 0 Å². The third-order valence-electron chi connectivity index (χ3n) is 3.75. The molecule has 0 aliphatic carbocycles. The Bertz CT molecular complexity index is 563. The lowest BCUT2D eigenvalue weighted by atomic mass is 9.95. The molecule has 1 unspecified atom stereocenters. The van der Waals surface area contributed by atoms with Crippen molar-refractivity contribution < 1.29 is 5.11 Å². The second-order valence-corrected chi connectivity index (χ2v) is 6.54. The van der Waals surface area contributed by atoms with Crippen LogP contribution in [0.1, 0.15) is 39.2 Å². The van der Waals surface area contributed by atoms with Crippen LogP contribution in [0.5, 0.6) is 0 Å². The zero-order chi connectivity index (χ0) is 16.0. The molecule has 0 amide bonds. The minimum Gasteiger partial charge on any atom is -0.389 e. The highest BCUT2D eigenvalue weighted by molar-refractivity contribution is 5.61. The van der Waals surface area contributed by atoms with Crippen LogP contribution in [-0.4, -0.2) is 32.4 Å². The summed E-state index contributed by atoms with van der Waals surface area (Å²) in [6.45, 7) is 7.47. The number of hydrogen-bond acceptors (Lipinski definition) is 4. The number of aromatic nitrogens is 3. The average Bonchev–Trinajstić information content (AvgIpc) is 2.94. The van der Waals surface area contributed by atoms with E-state index in [1.54, 1.807) is 6.20 Å². The van der Waals surface area contributed by atoms with Crippen molar-refractivity contribution >= 4 is 0 Å². The average molecular weight is 302 g/mol. The number of aliphatic hydroxyl groups is 1. The van der Waals surface area contributed by atoms with Gasteiger partial charge in [-0.1, -0.05) is 13.8 Å². The van der Waals surface area contributed by atoms with E-state index in [1.165, 1.54) is 0 Å². The third kappa shape index (κ3) is 4.93.